The summed E-state index contributed by atoms with van der Waals surface area (Å²) >= 11 is 6.40. The van der Waals surface area contributed by atoms with Gasteiger partial charge >= 0.3 is 6.03 Å². The lowest BCUT2D eigenvalue weighted by Crippen LogP contribution is -2.40. The van der Waals surface area contributed by atoms with Crippen LogP contribution in [0.25, 0.3) is 6.08 Å². The normalized spacial score (nSPS) is 18.7. The zero-order valence-electron chi connectivity index (χ0n) is 17.2. The van der Waals surface area contributed by atoms with Gasteiger partial charge in [0.1, 0.15) is 10.7 Å². The van der Waals surface area contributed by atoms with Crippen molar-refractivity contribution in [3.05, 3.63) is 52.3 Å². The van der Waals surface area contributed by atoms with E-state index in [2.05, 4.69) is 34.9 Å². The predicted molar refractivity (Wildman–Crippen MR) is 115 cm³/mol. The number of urea groups is 1. The summed E-state index contributed by atoms with van der Waals surface area (Å²) in [7, 11) is 0. The van der Waals surface area contributed by atoms with Gasteiger partial charge in [0.15, 0.2) is 0 Å². The second-order valence-corrected chi connectivity index (χ2v) is 8.16. The number of aryl methyl sites for hydroxylation is 1. The molecule has 0 aliphatic carbocycles. The van der Waals surface area contributed by atoms with Gasteiger partial charge in [-0.05, 0) is 43.5 Å². The van der Waals surface area contributed by atoms with Crippen LogP contribution in [0.15, 0.2) is 30.3 Å². The molecule has 1 aliphatic rings. The third-order valence-corrected chi connectivity index (χ3v) is 5.20. The molecular weight excluding hydrogens is 406 g/mol. The minimum Gasteiger partial charge on any atom is -0.323 e. The highest BCUT2D eigenvalue weighted by molar-refractivity contribution is 6.31. The van der Waals surface area contributed by atoms with Crippen LogP contribution >= 0.6 is 11.6 Å². The summed E-state index contributed by atoms with van der Waals surface area (Å²) < 4.78 is 1.73. The zero-order chi connectivity index (χ0) is 22.1. The van der Waals surface area contributed by atoms with Gasteiger partial charge in [0, 0.05) is 23.9 Å². The summed E-state index contributed by atoms with van der Waals surface area (Å²) in [4.78, 5) is 36.0. The van der Waals surface area contributed by atoms with Crippen molar-refractivity contribution in [2.45, 2.75) is 39.8 Å². The van der Waals surface area contributed by atoms with Crippen LogP contribution in [0.4, 0.5) is 10.5 Å². The maximum atomic E-state index is 12.4. The molecule has 158 valence electrons. The molecule has 1 aliphatic heterocycles. The molecule has 0 radical (unpaired) electrons. The van der Waals surface area contributed by atoms with Gasteiger partial charge < -0.3 is 10.6 Å². The number of amides is 4. The van der Waals surface area contributed by atoms with Crippen LogP contribution in [-0.4, -0.2) is 27.6 Å². The third-order valence-electron chi connectivity index (χ3n) is 4.80. The van der Waals surface area contributed by atoms with Gasteiger partial charge in [-0.15, -0.1) is 0 Å². The summed E-state index contributed by atoms with van der Waals surface area (Å²) in [6.07, 6.45) is 3.01. The van der Waals surface area contributed by atoms with Crippen LogP contribution in [-0.2, 0) is 21.7 Å². The minimum absolute atomic E-state index is 0.357. The predicted octanol–water partition coefficient (Wildman–Crippen LogP) is 3.21. The van der Waals surface area contributed by atoms with E-state index in [1.807, 2.05) is 6.92 Å². The van der Waals surface area contributed by atoms with Crippen molar-refractivity contribution in [2.75, 3.05) is 5.32 Å². The molecule has 0 bridgehead atoms. The summed E-state index contributed by atoms with van der Waals surface area (Å²) in [5.74, 6) is -0.411. The van der Waals surface area contributed by atoms with E-state index in [0.717, 1.165) is 5.69 Å². The number of imide groups is 1. The Morgan fingerprint density at radius 1 is 1.37 bits per heavy atom. The molecule has 1 fully saturated rings. The molecule has 1 aromatic heterocycles. The molecule has 9 heteroatoms. The number of aromatic nitrogens is 2. The maximum Gasteiger partial charge on any atom is 0.322 e. The molecule has 0 spiro atoms. The number of nitrogens with zero attached hydrogens (tertiary/aromatic N) is 2. The molecule has 1 atom stereocenters. The molecule has 2 aromatic rings. The smallest absolute Gasteiger partial charge is 0.322 e. The molecule has 2 heterocycles. The fourth-order valence-corrected chi connectivity index (χ4v) is 3.53. The highest BCUT2D eigenvalue weighted by atomic mass is 35.5. The van der Waals surface area contributed by atoms with Crippen LogP contribution < -0.4 is 16.0 Å². The first kappa shape index (κ1) is 21.6. The first-order valence-corrected chi connectivity index (χ1v) is 9.94. The van der Waals surface area contributed by atoms with E-state index >= 15 is 0 Å². The van der Waals surface area contributed by atoms with Gasteiger partial charge in [0.25, 0.3) is 5.91 Å². The van der Waals surface area contributed by atoms with E-state index in [9.17, 15) is 14.4 Å². The van der Waals surface area contributed by atoms with Crippen molar-refractivity contribution in [2.24, 2.45) is 5.92 Å². The second-order valence-electron chi connectivity index (χ2n) is 7.80. The minimum atomic E-state index is -1.19. The number of anilines is 1. The van der Waals surface area contributed by atoms with Crippen LogP contribution in [0, 0.1) is 12.8 Å². The summed E-state index contributed by atoms with van der Waals surface area (Å²) in [6.45, 7) is 8.28. The summed E-state index contributed by atoms with van der Waals surface area (Å²) in [5.41, 5.74) is 1.29. The van der Waals surface area contributed by atoms with Crippen molar-refractivity contribution in [1.82, 2.24) is 20.4 Å². The highest BCUT2D eigenvalue weighted by Crippen LogP contribution is 2.27. The van der Waals surface area contributed by atoms with Gasteiger partial charge in [-0.2, -0.15) is 5.10 Å². The third kappa shape index (κ3) is 4.38. The Labute approximate surface area is 179 Å². The van der Waals surface area contributed by atoms with E-state index in [4.69, 9.17) is 11.6 Å². The molecule has 1 aromatic carbocycles. The van der Waals surface area contributed by atoms with E-state index in [0.29, 0.717) is 34.4 Å². The van der Waals surface area contributed by atoms with Crippen molar-refractivity contribution in [3.8, 4) is 0 Å². The van der Waals surface area contributed by atoms with Crippen molar-refractivity contribution in [1.29, 1.82) is 0 Å². The monoisotopic (exact) mass is 429 g/mol. The number of nitrogens with one attached hydrogen (secondary N) is 3. The fraction of sp³-hybridized carbons (Fsp3) is 0.333. The number of carbonyl (C=O) groups is 3. The molecule has 3 N–H and O–H groups in total. The van der Waals surface area contributed by atoms with E-state index < -0.39 is 17.5 Å². The molecule has 4 amide bonds. The lowest BCUT2D eigenvalue weighted by molar-refractivity contribution is -0.123. The maximum absolute atomic E-state index is 12.4. The zero-order valence-corrected chi connectivity index (χ0v) is 18.0. The first-order valence-electron chi connectivity index (χ1n) is 9.56. The van der Waals surface area contributed by atoms with Crippen molar-refractivity contribution < 1.29 is 14.4 Å². The van der Waals surface area contributed by atoms with Gasteiger partial charge in [-0.25, -0.2) is 4.79 Å². The second kappa shape index (κ2) is 8.31. The average Bonchev–Trinajstić information content (AvgIpc) is 3.08. The standard InChI is InChI=1S/C21H24ClN5O3/c1-12(2)11-27-18(22)16(13(3)26-27)8-9-17(28)23-15-7-5-6-14(10-15)21(4)19(29)24-20(30)25-21/h5-10,12H,11H2,1-4H3,(H,23,28)(H2,24,25,29,30). The van der Waals surface area contributed by atoms with E-state index in [-0.39, 0.29) is 5.91 Å². The highest BCUT2D eigenvalue weighted by Gasteiger charge is 2.43. The molecule has 3 rings (SSSR count). The lowest BCUT2D eigenvalue weighted by atomic mass is 9.92. The van der Waals surface area contributed by atoms with Gasteiger partial charge in [-0.3, -0.25) is 19.6 Å². The quantitative estimate of drug-likeness (QED) is 0.484. The largest absolute Gasteiger partial charge is 0.323 e. The number of carbonyl (C=O) groups excluding carboxylic acids is 3. The number of hydrogen-bond donors (Lipinski definition) is 3. The van der Waals surface area contributed by atoms with Crippen molar-refractivity contribution in [3.63, 3.8) is 0 Å². The first-order chi connectivity index (χ1) is 14.1. The Morgan fingerprint density at radius 2 is 2.10 bits per heavy atom. The van der Waals surface area contributed by atoms with Crippen LogP contribution in [0.3, 0.4) is 0 Å². The molecule has 8 nitrogen and oxygen atoms in total. The van der Waals surface area contributed by atoms with E-state index in [1.54, 1.807) is 41.9 Å². The average molecular weight is 430 g/mol. The van der Waals surface area contributed by atoms with Crippen LogP contribution in [0.1, 0.15) is 37.6 Å². The van der Waals surface area contributed by atoms with Crippen LogP contribution in [0.5, 0.6) is 0 Å². The number of benzene rings is 1. The van der Waals surface area contributed by atoms with Crippen molar-refractivity contribution >= 4 is 41.2 Å². The van der Waals surface area contributed by atoms with Gasteiger partial charge in [0.2, 0.25) is 5.91 Å². The number of halogens is 1. The van der Waals surface area contributed by atoms with Crippen LogP contribution in [0.2, 0.25) is 5.15 Å². The van der Waals surface area contributed by atoms with Gasteiger partial charge in [0.05, 0.1) is 5.69 Å². The van der Waals surface area contributed by atoms with E-state index in [1.165, 1.54) is 6.08 Å². The molecular formula is C21H24ClN5O3. The summed E-state index contributed by atoms with van der Waals surface area (Å²) in [6, 6.07) is 6.21. The molecule has 0 saturated carbocycles. The Morgan fingerprint density at radius 3 is 2.73 bits per heavy atom. The summed E-state index contributed by atoms with van der Waals surface area (Å²) in [5, 5.41) is 12.5. The van der Waals surface area contributed by atoms with Gasteiger partial charge in [-0.1, -0.05) is 37.6 Å². The number of rotatable bonds is 6. The molecule has 30 heavy (non-hydrogen) atoms. The Kier molecular flexibility index (Phi) is 5.98. The molecule has 1 unspecified atom stereocenters. The molecule has 1 saturated heterocycles. The SMILES string of the molecule is Cc1nn(CC(C)C)c(Cl)c1C=CC(=O)Nc1cccc(C2(C)NC(=O)NC2=O)c1. The Hall–Kier alpha value is -3.13. The number of hydrogen-bond acceptors (Lipinski definition) is 4. The fourth-order valence-electron chi connectivity index (χ4n) is 3.22. The Balaban J connectivity index is 1.74. The Bertz CT molecular complexity index is 1040. The lowest BCUT2D eigenvalue weighted by Gasteiger charge is -2.21. The topological polar surface area (TPSA) is 105 Å².